The molecule has 3 rings (SSSR count). The average Bonchev–Trinajstić information content (AvgIpc) is 3.05. The van der Waals surface area contributed by atoms with Gasteiger partial charge in [-0.3, -0.25) is 14.5 Å². The summed E-state index contributed by atoms with van der Waals surface area (Å²) in [5.74, 6) is -0.177. The maximum absolute atomic E-state index is 11.9. The lowest BCUT2D eigenvalue weighted by Gasteiger charge is -2.31. The van der Waals surface area contributed by atoms with E-state index in [4.69, 9.17) is 0 Å². The molecule has 2 unspecified atom stereocenters. The highest BCUT2D eigenvalue weighted by atomic mass is 16.3. The van der Waals surface area contributed by atoms with Gasteiger partial charge in [-0.25, -0.2) is 0 Å². The van der Waals surface area contributed by atoms with E-state index in [1.165, 1.54) is 4.90 Å². The molecule has 3 aliphatic rings. The van der Waals surface area contributed by atoms with Crippen LogP contribution in [0.25, 0.3) is 0 Å². The van der Waals surface area contributed by atoms with Crippen LogP contribution < -0.4 is 0 Å². The normalized spacial score (nSPS) is 35.7. The first-order valence-electron chi connectivity index (χ1n) is 6.68. The van der Waals surface area contributed by atoms with E-state index in [2.05, 4.69) is 0 Å². The van der Waals surface area contributed by atoms with Crippen molar-refractivity contribution in [2.45, 2.75) is 50.5 Å². The lowest BCUT2D eigenvalue weighted by atomic mass is 9.94. The summed E-state index contributed by atoms with van der Waals surface area (Å²) in [6, 6.07) is 0. The first-order valence-corrected chi connectivity index (χ1v) is 6.68. The molecule has 17 heavy (non-hydrogen) atoms. The van der Waals surface area contributed by atoms with Crippen LogP contribution in [0.15, 0.2) is 0 Å². The lowest BCUT2D eigenvalue weighted by molar-refractivity contribution is -0.146. The first kappa shape index (κ1) is 11.2. The molecular weight excluding hydrogens is 218 g/mol. The molecule has 4 nitrogen and oxygen atoms in total. The highest BCUT2D eigenvalue weighted by molar-refractivity contribution is 6.08. The average molecular weight is 237 g/mol. The number of rotatable bonds is 2. The topological polar surface area (TPSA) is 57.6 Å². The Kier molecular flexibility index (Phi) is 2.51. The smallest absolute Gasteiger partial charge is 0.233 e. The Balaban J connectivity index is 1.69. The second kappa shape index (κ2) is 3.80. The van der Waals surface area contributed by atoms with E-state index in [9.17, 15) is 14.7 Å². The monoisotopic (exact) mass is 237 g/mol. The highest BCUT2D eigenvalue weighted by Gasteiger charge is 2.59. The molecule has 2 amide bonds. The fourth-order valence-corrected chi connectivity index (χ4v) is 3.24. The van der Waals surface area contributed by atoms with Crippen LogP contribution in [0.3, 0.4) is 0 Å². The quantitative estimate of drug-likeness (QED) is 0.577. The van der Waals surface area contributed by atoms with Crippen molar-refractivity contribution >= 4 is 11.8 Å². The van der Waals surface area contributed by atoms with Crippen LogP contribution in [0.2, 0.25) is 0 Å². The molecule has 0 radical (unpaired) electrons. The van der Waals surface area contributed by atoms with Gasteiger partial charge in [0.25, 0.3) is 0 Å². The molecule has 1 aliphatic heterocycles. The molecule has 1 saturated heterocycles. The van der Waals surface area contributed by atoms with Crippen LogP contribution >= 0.6 is 0 Å². The zero-order valence-corrected chi connectivity index (χ0v) is 10.0. The zero-order chi connectivity index (χ0) is 12.0. The predicted molar refractivity (Wildman–Crippen MR) is 61.0 cm³/mol. The van der Waals surface area contributed by atoms with E-state index in [0.29, 0.717) is 0 Å². The number of imide groups is 1. The van der Waals surface area contributed by atoms with E-state index < -0.39 is 5.60 Å². The molecule has 1 N–H and O–H groups in total. The van der Waals surface area contributed by atoms with Crippen LogP contribution in [0.4, 0.5) is 0 Å². The minimum atomic E-state index is -0.821. The Morgan fingerprint density at radius 2 is 1.59 bits per heavy atom. The number of carbonyl (C=O) groups excluding carboxylic acids is 2. The van der Waals surface area contributed by atoms with E-state index in [-0.39, 0.29) is 30.2 Å². The number of nitrogens with zero attached hydrogens (tertiary/aromatic N) is 1. The fourth-order valence-electron chi connectivity index (χ4n) is 3.24. The van der Waals surface area contributed by atoms with Gasteiger partial charge in [0.1, 0.15) is 0 Å². The van der Waals surface area contributed by atoms with Crippen molar-refractivity contribution < 1.29 is 14.7 Å². The summed E-state index contributed by atoms with van der Waals surface area (Å²) in [6.45, 7) is 0.234. The van der Waals surface area contributed by atoms with Crippen molar-refractivity contribution in [3.05, 3.63) is 0 Å². The summed E-state index contributed by atoms with van der Waals surface area (Å²) < 4.78 is 0. The molecule has 2 aliphatic carbocycles. The van der Waals surface area contributed by atoms with Crippen LogP contribution in [-0.2, 0) is 9.59 Å². The van der Waals surface area contributed by atoms with Gasteiger partial charge in [-0.15, -0.1) is 0 Å². The summed E-state index contributed by atoms with van der Waals surface area (Å²) in [4.78, 5) is 25.0. The van der Waals surface area contributed by atoms with E-state index in [0.717, 1.165) is 44.9 Å². The predicted octanol–water partition coefficient (Wildman–Crippen LogP) is 1.08. The maximum atomic E-state index is 11.9. The van der Waals surface area contributed by atoms with Gasteiger partial charge >= 0.3 is 0 Å². The van der Waals surface area contributed by atoms with E-state index >= 15 is 0 Å². The molecule has 2 saturated carbocycles. The molecule has 1 heterocycles. The van der Waals surface area contributed by atoms with Crippen molar-refractivity contribution in [2.24, 2.45) is 11.8 Å². The van der Waals surface area contributed by atoms with Gasteiger partial charge < -0.3 is 5.11 Å². The number of hydrogen-bond acceptors (Lipinski definition) is 3. The van der Waals surface area contributed by atoms with Crippen LogP contribution in [0.5, 0.6) is 0 Å². The second-order valence-corrected chi connectivity index (χ2v) is 5.85. The number of piperidine rings is 1. The Labute approximate surface area is 101 Å². The van der Waals surface area contributed by atoms with Gasteiger partial charge in [-0.05, 0) is 19.3 Å². The van der Waals surface area contributed by atoms with Gasteiger partial charge in [-0.2, -0.15) is 0 Å². The third-order valence-corrected chi connectivity index (χ3v) is 4.44. The van der Waals surface area contributed by atoms with Crippen molar-refractivity contribution in [3.63, 3.8) is 0 Å². The van der Waals surface area contributed by atoms with Gasteiger partial charge in [0.05, 0.1) is 24.0 Å². The SMILES string of the molecule is O=C1C2CC2C(=O)N1CC1(O)CCCCCC1. The molecule has 94 valence electrons. The standard InChI is InChI=1S/C13H19NO3/c15-11-9-7-10(9)12(16)14(11)8-13(17)5-3-1-2-4-6-13/h9-10,17H,1-8H2. The van der Waals surface area contributed by atoms with E-state index in [1.807, 2.05) is 0 Å². The Morgan fingerprint density at radius 1 is 1.06 bits per heavy atom. The number of likely N-dealkylation sites (tertiary alicyclic amines) is 1. The molecule has 3 fully saturated rings. The Hall–Kier alpha value is -0.900. The highest BCUT2D eigenvalue weighted by Crippen LogP contribution is 2.47. The molecule has 4 heteroatoms. The molecule has 0 bridgehead atoms. The number of aliphatic hydroxyl groups is 1. The summed E-state index contributed by atoms with van der Waals surface area (Å²) in [6.07, 6.45) is 6.48. The van der Waals surface area contributed by atoms with Gasteiger partial charge in [0, 0.05) is 0 Å². The summed E-state index contributed by atoms with van der Waals surface area (Å²) >= 11 is 0. The van der Waals surface area contributed by atoms with Crippen LogP contribution in [-0.4, -0.2) is 34.0 Å². The zero-order valence-electron chi connectivity index (χ0n) is 10.0. The van der Waals surface area contributed by atoms with Gasteiger partial charge in [-0.1, -0.05) is 25.7 Å². The molecule has 0 spiro atoms. The van der Waals surface area contributed by atoms with Crippen molar-refractivity contribution in [1.82, 2.24) is 4.90 Å². The molecule has 0 aromatic carbocycles. The Morgan fingerprint density at radius 3 is 2.12 bits per heavy atom. The minimum Gasteiger partial charge on any atom is -0.388 e. The van der Waals surface area contributed by atoms with Crippen molar-refractivity contribution in [2.75, 3.05) is 6.54 Å². The van der Waals surface area contributed by atoms with Gasteiger partial charge in [0.2, 0.25) is 11.8 Å². The number of fused-ring (bicyclic) bond motifs is 1. The molecular formula is C13H19NO3. The second-order valence-electron chi connectivity index (χ2n) is 5.85. The lowest BCUT2D eigenvalue weighted by Crippen LogP contribution is -2.46. The third kappa shape index (κ3) is 1.88. The maximum Gasteiger partial charge on any atom is 0.233 e. The third-order valence-electron chi connectivity index (χ3n) is 4.44. The summed E-state index contributed by atoms with van der Waals surface area (Å²) in [5, 5.41) is 10.5. The van der Waals surface area contributed by atoms with E-state index in [1.54, 1.807) is 0 Å². The number of amides is 2. The van der Waals surface area contributed by atoms with Crippen LogP contribution in [0.1, 0.15) is 44.9 Å². The summed E-state index contributed by atoms with van der Waals surface area (Å²) in [7, 11) is 0. The molecule has 0 aromatic rings. The Bertz CT molecular complexity index is 338. The van der Waals surface area contributed by atoms with Crippen LogP contribution in [0, 0.1) is 11.8 Å². The molecule has 0 aromatic heterocycles. The fraction of sp³-hybridized carbons (Fsp3) is 0.846. The number of hydrogen-bond donors (Lipinski definition) is 1. The van der Waals surface area contributed by atoms with Gasteiger partial charge in [0.15, 0.2) is 0 Å². The first-order chi connectivity index (χ1) is 8.11. The molecule has 2 atom stereocenters. The number of β-amino-alcohol motifs (C(OH)–C–C–N with tert-alkyl or cyclic N) is 1. The number of carbonyl (C=O) groups is 2. The minimum absolute atomic E-state index is 0.0438. The summed E-state index contributed by atoms with van der Waals surface area (Å²) in [5.41, 5.74) is -0.821. The largest absolute Gasteiger partial charge is 0.388 e. The van der Waals surface area contributed by atoms with Crippen molar-refractivity contribution in [1.29, 1.82) is 0 Å². The van der Waals surface area contributed by atoms with Crippen molar-refractivity contribution in [3.8, 4) is 0 Å².